The van der Waals surface area contributed by atoms with Crippen molar-refractivity contribution in [1.82, 2.24) is 0 Å². The van der Waals surface area contributed by atoms with Crippen molar-refractivity contribution in [2.24, 2.45) is 4.99 Å². The van der Waals surface area contributed by atoms with Gasteiger partial charge in [-0.2, -0.15) is 0 Å². The Kier molecular flexibility index (Phi) is 2.84. The van der Waals surface area contributed by atoms with Crippen LogP contribution in [-0.4, -0.2) is 23.3 Å². The number of nitrogens with zero attached hydrogens (tertiary/aromatic N) is 1. The van der Waals surface area contributed by atoms with Crippen LogP contribution in [0, 0.1) is 0 Å². The van der Waals surface area contributed by atoms with Gasteiger partial charge >= 0.3 is 0 Å². The number of ether oxygens (including phenoxy) is 1. The van der Waals surface area contributed by atoms with Crippen LogP contribution in [0.1, 0.15) is 0 Å². The number of para-hydroxylation sites is 1. The molecular weight excluding hydrogens is 198 g/mol. The van der Waals surface area contributed by atoms with Crippen molar-refractivity contribution in [2.45, 2.75) is 0 Å². The van der Waals surface area contributed by atoms with Gasteiger partial charge in [-0.3, -0.25) is 9.79 Å². The molecule has 4 heteroatoms. The minimum atomic E-state index is 0.0941. The van der Waals surface area contributed by atoms with Gasteiger partial charge in [0.15, 0.2) is 0 Å². The van der Waals surface area contributed by atoms with E-state index in [9.17, 15) is 4.79 Å². The van der Waals surface area contributed by atoms with E-state index >= 15 is 0 Å². The van der Waals surface area contributed by atoms with Crippen molar-refractivity contribution in [3.05, 3.63) is 30.3 Å². The molecule has 0 bridgehead atoms. The molecule has 1 aromatic rings. The van der Waals surface area contributed by atoms with Crippen LogP contribution in [0.2, 0.25) is 0 Å². The first-order valence-electron chi connectivity index (χ1n) is 4.26. The van der Waals surface area contributed by atoms with Crippen LogP contribution in [0.25, 0.3) is 0 Å². The molecule has 0 aliphatic carbocycles. The second-order valence-electron chi connectivity index (χ2n) is 2.79. The number of carbonyl (C=O) groups is 1. The monoisotopic (exact) mass is 207 g/mol. The van der Waals surface area contributed by atoms with Crippen LogP contribution in [0.15, 0.2) is 35.3 Å². The Bertz CT molecular complexity index is 362. The lowest BCUT2D eigenvalue weighted by Crippen LogP contribution is -2.05. The molecule has 0 fully saturated rings. The van der Waals surface area contributed by atoms with E-state index < -0.39 is 0 Å². The van der Waals surface area contributed by atoms with Crippen LogP contribution in [0.3, 0.4) is 0 Å². The summed E-state index contributed by atoms with van der Waals surface area (Å²) in [5, 5.41) is 0.857. The highest BCUT2D eigenvalue weighted by Crippen LogP contribution is 2.15. The summed E-state index contributed by atoms with van der Waals surface area (Å²) in [5.41, 5.74) is 0. The van der Waals surface area contributed by atoms with Gasteiger partial charge in [0.05, 0.1) is 0 Å². The lowest BCUT2D eigenvalue weighted by Gasteiger charge is -2.03. The second kappa shape index (κ2) is 4.28. The third kappa shape index (κ3) is 2.35. The fraction of sp³-hybridized carbons (Fsp3) is 0.200. The molecule has 1 aromatic carbocycles. The minimum absolute atomic E-state index is 0.0941. The number of carbonyl (C=O) groups excluding carboxylic acids is 1. The van der Waals surface area contributed by atoms with Gasteiger partial charge in [0, 0.05) is 0 Å². The maximum absolute atomic E-state index is 10.9. The number of aliphatic imine (C=N–C) groups is 1. The fourth-order valence-corrected chi connectivity index (χ4v) is 1.72. The minimum Gasteiger partial charge on any atom is -0.487 e. The molecule has 1 aliphatic heterocycles. The largest absolute Gasteiger partial charge is 0.487 e. The van der Waals surface area contributed by atoms with E-state index in [2.05, 4.69) is 4.99 Å². The summed E-state index contributed by atoms with van der Waals surface area (Å²) in [6.07, 6.45) is 0. The molecule has 0 unspecified atom stereocenters. The summed E-state index contributed by atoms with van der Waals surface area (Å²) in [7, 11) is 0. The fourth-order valence-electron chi connectivity index (χ4n) is 1.09. The molecule has 0 saturated carbocycles. The number of hydrogen-bond acceptors (Lipinski definition) is 4. The summed E-state index contributed by atoms with van der Waals surface area (Å²) in [6.45, 7) is 0.679. The van der Waals surface area contributed by atoms with Gasteiger partial charge in [0.1, 0.15) is 23.9 Å². The third-order valence-electron chi connectivity index (χ3n) is 1.72. The number of benzene rings is 1. The highest BCUT2D eigenvalue weighted by molar-refractivity contribution is 8.26. The summed E-state index contributed by atoms with van der Waals surface area (Å²) >= 11 is 1.17. The predicted octanol–water partition coefficient (Wildman–Crippen LogP) is 1.74. The van der Waals surface area contributed by atoms with E-state index in [1.807, 2.05) is 30.3 Å². The van der Waals surface area contributed by atoms with E-state index in [0.29, 0.717) is 6.61 Å². The normalized spacial score (nSPS) is 15.4. The van der Waals surface area contributed by atoms with E-state index in [4.69, 9.17) is 4.74 Å². The number of rotatable bonds is 3. The first-order valence-corrected chi connectivity index (χ1v) is 5.08. The third-order valence-corrected chi connectivity index (χ3v) is 2.56. The van der Waals surface area contributed by atoms with Crippen LogP contribution in [0.5, 0.6) is 5.75 Å². The molecule has 3 nitrogen and oxygen atoms in total. The van der Waals surface area contributed by atoms with Crippen LogP contribution in [-0.2, 0) is 4.79 Å². The van der Waals surface area contributed by atoms with Gasteiger partial charge in [-0.15, -0.1) is 0 Å². The van der Waals surface area contributed by atoms with Gasteiger partial charge in [-0.05, 0) is 23.9 Å². The average Bonchev–Trinajstić information content (AvgIpc) is 2.63. The molecule has 0 saturated heterocycles. The molecule has 2 rings (SSSR count). The summed E-state index contributed by atoms with van der Waals surface area (Å²) in [4.78, 5) is 14.9. The van der Waals surface area contributed by atoms with E-state index in [1.165, 1.54) is 11.8 Å². The van der Waals surface area contributed by atoms with Crippen molar-refractivity contribution in [3.8, 4) is 5.75 Å². The zero-order valence-electron chi connectivity index (χ0n) is 7.47. The smallest absolute Gasteiger partial charge is 0.216 e. The van der Waals surface area contributed by atoms with Gasteiger partial charge in [0.25, 0.3) is 0 Å². The SMILES string of the molecule is O=C1CN=C(COc2ccccc2)S1. The van der Waals surface area contributed by atoms with Crippen molar-refractivity contribution in [3.63, 3.8) is 0 Å². The Labute approximate surface area is 86.2 Å². The highest BCUT2D eigenvalue weighted by Gasteiger charge is 2.15. The molecule has 0 N–H and O–H groups in total. The summed E-state index contributed by atoms with van der Waals surface area (Å²) in [6, 6.07) is 9.50. The molecule has 14 heavy (non-hydrogen) atoms. The molecular formula is C10H9NO2S. The standard InChI is InChI=1S/C10H9NO2S/c12-10-6-11-9(14-10)7-13-8-4-2-1-3-5-8/h1-5H,6-7H2. The predicted molar refractivity (Wildman–Crippen MR) is 56.8 cm³/mol. The van der Waals surface area contributed by atoms with Crippen LogP contribution < -0.4 is 4.74 Å². The molecule has 0 aromatic heterocycles. The van der Waals surface area contributed by atoms with E-state index in [1.54, 1.807) is 0 Å². The summed E-state index contributed by atoms with van der Waals surface area (Å²) in [5.74, 6) is 0.801. The first-order chi connectivity index (χ1) is 6.84. The molecule has 0 amide bonds. The molecule has 0 atom stereocenters. The average molecular weight is 207 g/mol. The van der Waals surface area contributed by atoms with Gasteiger partial charge in [0.2, 0.25) is 5.12 Å². The Morgan fingerprint density at radius 1 is 1.36 bits per heavy atom. The second-order valence-corrected chi connectivity index (χ2v) is 3.92. The van der Waals surface area contributed by atoms with Crippen molar-refractivity contribution >= 4 is 21.9 Å². The van der Waals surface area contributed by atoms with E-state index in [-0.39, 0.29) is 11.7 Å². The molecule has 1 heterocycles. The maximum Gasteiger partial charge on any atom is 0.216 e. The van der Waals surface area contributed by atoms with Gasteiger partial charge in [-0.25, -0.2) is 0 Å². The van der Waals surface area contributed by atoms with Gasteiger partial charge < -0.3 is 4.74 Å². The highest BCUT2D eigenvalue weighted by atomic mass is 32.2. The zero-order chi connectivity index (χ0) is 9.80. The Morgan fingerprint density at radius 3 is 2.79 bits per heavy atom. The van der Waals surface area contributed by atoms with Crippen LogP contribution in [0.4, 0.5) is 0 Å². The lowest BCUT2D eigenvalue weighted by atomic mass is 10.3. The molecule has 1 aliphatic rings. The lowest BCUT2D eigenvalue weighted by molar-refractivity contribution is -0.109. The van der Waals surface area contributed by atoms with Crippen molar-refractivity contribution in [2.75, 3.05) is 13.2 Å². The molecule has 0 spiro atoms. The zero-order valence-corrected chi connectivity index (χ0v) is 8.29. The topological polar surface area (TPSA) is 38.7 Å². The van der Waals surface area contributed by atoms with Gasteiger partial charge in [-0.1, -0.05) is 18.2 Å². The van der Waals surface area contributed by atoms with E-state index in [0.717, 1.165) is 10.8 Å². The number of hydrogen-bond donors (Lipinski definition) is 0. The Morgan fingerprint density at radius 2 is 2.14 bits per heavy atom. The Balaban J connectivity index is 1.86. The quantitative estimate of drug-likeness (QED) is 0.757. The first kappa shape index (κ1) is 9.27. The Hall–Kier alpha value is -1.29. The number of thioether (sulfide) groups is 1. The van der Waals surface area contributed by atoms with Crippen LogP contribution >= 0.6 is 11.8 Å². The summed E-state index contributed by atoms with van der Waals surface area (Å²) < 4.78 is 5.43. The molecule has 0 radical (unpaired) electrons. The maximum atomic E-state index is 10.9. The van der Waals surface area contributed by atoms with Crippen molar-refractivity contribution in [1.29, 1.82) is 0 Å². The molecule has 72 valence electrons. The van der Waals surface area contributed by atoms with Crippen molar-refractivity contribution < 1.29 is 9.53 Å².